The molecule has 0 saturated heterocycles. The van der Waals surface area contributed by atoms with Gasteiger partial charge in [0.1, 0.15) is 12.4 Å². The van der Waals surface area contributed by atoms with Crippen molar-refractivity contribution in [3.05, 3.63) is 59.7 Å². The number of halogens is 1. The van der Waals surface area contributed by atoms with E-state index in [1.807, 2.05) is 37.1 Å². The van der Waals surface area contributed by atoms with Crippen molar-refractivity contribution < 1.29 is 14.0 Å². The zero-order chi connectivity index (χ0) is 19.8. The number of amides is 2. The summed E-state index contributed by atoms with van der Waals surface area (Å²) in [5, 5.41) is 0. The number of carbonyl (C=O) groups excluding carboxylic acids is 2. The van der Waals surface area contributed by atoms with Crippen LogP contribution >= 0.6 is 0 Å². The summed E-state index contributed by atoms with van der Waals surface area (Å²) in [6, 6.07) is 10.2. The fraction of sp³-hybridized carbons (Fsp3) is 0.455. The van der Waals surface area contributed by atoms with E-state index in [9.17, 15) is 14.0 Å². The molecule has 0 radical (unpaired) electrons. The molecular formula is C22H26FN3O2. The maximum atomic E-state index is 13.4. The highest BCUT2D eigenvalue weighted by Gasteiger charge is 2.38. The number of carbonyl (C=O) groups is 2. The van der Waals surface area contributed by atoms with Crippen LogP contribution in [0.3, 0.4) is 0 Å². The molecule has 2 aliphatic rings. The predicted molar refractivity (Wildman–Crippen MR) is 104 cm³/mol. The van der Waals surface area contributed by atoms with Gasteiger partial charge in [-0.3, -0.25) is 9.59 Å². The molecule has 148 valence electrons. The van der Waals surface area contributed by atoms with Gasteiger partial charge in [-0.05, 0) is 42.7 Å². The summed E-state index contributed by atoms with van der Waals surface area (Å²) >= 11 is 0. The second-order valence-corrected chi connectivity index (χ2v) is 8.02. The summed E-state index contributed by atoms with van der Waals surface area (Å²) < 4.78 is 15.6. The first kappa shape index (κ1) is 18.7. The lowest BCUT2D eigenvalue weighted by atomic mass is 9.99. The van der Waals surface area contributed by atoms with E-state index in [0.717, 1.165) is 24.1 Å². The number of fused-ring (bicyclic) bond motifs is 1. The van der Waals surface area contributed by atoms with Gasteiger partial charge in [-0.25, -0.2) is 4.39 Å². The number of rotatable bonds is 5. The third kappa shape index (κ3) is 3.55. The van der Waals surface area contributed by atoms with Crippen LogP contribution in [0.25, 0.3) is 0 Å². The van der Waals surface area contributed by atoms with Gasteiger partial charge in [-0.1, -0.05) is 26.0 Å². The van der Waals surface area contributed by atoms with Crippen molar-refractivity contribution in [3.63, 3.8) is 0 Å². The zero-order valence-electron chi connectivity index (χ0n) is 16.3. The molecule has 2 aromatic rings. The standard InChI is InChI=1S/C22H26FN3O2/c1-15(2)22(28)26(18-9-10-18)14-20(27)25-13-12-24-11-3-4-19(24)21(25)16-5-7-17(23)8-6-16/h3-8,11,15,18,21H,9-10,12-14H2,1-2H3/t21-/m0/s1. The van der Waals surface area contributed by atoms with Crippen molar-refractivity contribution in [1.29, 1.82) is 0 Å². The summed E-state index contributed by atoms with van der Waals surface area (Å²) in [6.45, 7) is 5.14. The fourth-order valence-electron chi connectivity index (χ4n) is 3.99. The van der Waals surface area contributed by atoms with E-state index < -0.39 is 0 Å². The minimum atomic E-state index is -0.296. The van der Waals surface area contributed by atoms with E-state index in [1.165, 1.54) is 12.1 Å². The normalized spacial score (nSPS) is 18.9. The average molecular weight is 383 g/mol. The second kappa shape index (κ2) is 7.41. The molecule has 0 unspecified atom stereocenters. The van der Waals surface area contributed by atoms with Gasteiger partial charge in [0.15, 0.2) is 0 Å². The number of hydrogen-bond acceptors (Lipinski definition) is 2. The molecule has 5 nitrogen and oxygen atoms in total. The molecule has 0 bridgehead atoms. The molecule has 6 heteroatoms. The molecule has 2 heterocycles. The van der Waals surface area contributed by atoms with Crippen LogP contribution in [0.2, 0.25) is 0 Å². The molecule has 1 fully saturated rings. The van der Waals surface area contributed by atoms with Crippen LogP contribution in [0, 0.1) is 11.7 Å². The molecule has 0 N–H and O–H groups in total. The first-order valence-electron chi connectivity index (χ1n) is 9.96. The second-order valence-electron chi connectivity index (χ2n) is 8.02. The Bertz CT molecular complexity index is 870. The molecule has 1 saturated carbocycles. The predicted octanol–water partition coefficient (Wildman–Crippen LogP) is 3.21. The first-order valence-corrected chi connectivity index (χ1v) is 9.96. The lowest BCUT2D eigenvalue weighted by molar-refractivity contribution is -0.144. The van der Waals surface area contributed by atoms with Crippen LogP contribution in [-0.4, -0.2) is 45.3 Å². The quantitative estimate of drug-likeness (QED) is 0.796. The molecule has 1 aromatic carbocycles. The Balaban J connectivity index is 1.62. The van der Waals surface area contributed by atoms with E-state index in [-0.39, 0.29) is 42.2 Å². The highest BCUT2D eigenvalue weighted by molar-refractivity contribution is 5.86. The SMILES string of the molecule is CC(C)C(=O)N(CC(=O)N1CCn2cccc2[C@@H]1c1ccc(F)cc1)C1CC1. The fourth-order valence-corrected chi connectivity index (χ4v) is 3.99. The molecule has 1 atom stereocenters. The van der Waals surface area contributed by atoms with Crippen molar-refractivity contribution in [1.82, 2.24) is 14.4 Å². The summed E-state index contributed by atoms with van der Waals surface area (Å²) in [4.78, 5) is 29.5. The lowest BCUT2D eigenvalue weighted by Crippen LogP contribution is -2.49. The Morgan fingerprint density at radius 1 is 1.14 bits per heavy atom. The number of hydrogen-bond donors (Lipinski definition) is 0. The molecule has 0 spiro atoms. The molecule has 1 aliphatic heterocycles. The smallest absolute Gasteiger partial charge is 0.243 e. The third-order valence-electron chi connectivity index (χ3n) is 5.61. The molecule has 28 heavy (non-hydrogen) atoms. The van der Waals surface area contributed by atoms with Gasteiger partial charge < -0.3 is 14.4 Å². The number of aromatic nitrogens is 1. The van der Waals surface area contributed by atoms with Gasteiger partial charge in [-0.2, -0.15) is 0 Å². The largest absolute Gasteiger partial charge is 0.348 e. The van der Waals surface area contributed by atoms with Crippen LogP contribution < -0.4 is 0 Å². The highest BCUT2D eigenvalue weighted by atomic mass is 19.1. The Labute approximate surface area is 164 Å². The van der Waals surface area contributed by atoms with Crippen LogP contribution in [0.1, 0.15) is 44.0 Å². The third-order valence-corrected chi connectivity index (χ3v) is 5.61. The molecular weight excluding hydrogens is 357 g/mol. The molecule has 1 aliphatic carbocycles. The molecule has 1 aromatic heterocycles. The van der Waals surface area contributed by atoms with Gasteiger partial charge >= 0.3 is 0 Å². The zero-order valence-corrected chi connectivity index (χ0v) is 16.3. The molecule has 4 rings (SSSR count). The van der Waals surface area contributed by atoms with Crippen molar-refractivity contribution >= 4 is 11.8 Å². The Hall–Kier alpha value is -2.63. The maximum absolute atomic E-state index is 13.4. The van der Waals surface area contributed by atoms with Gasteiger partial charge in [0.2, 0.25) is 11.8 Å². The van der Waals surface area contributed by atoms with E-state index in [4.69, 9.17) is 0 Å². The lowest BCUT2D eigenvalue weighted by Gasteiger charge is -2.38. The summed E-state index contributed by atoms with van der Waals surface area (Å²) in [7, 11) is 0. The van der Waals surface area contributed by atoms with E-state index in [0.29, 0.717) is 13.1 Å². The van der Waals surface area contributed by atoms with Crippen molar-refractivity contribution in [2.75, 3.05) is 13.1 Å². The van der Waals surface area contributed by atoms with Gasteiger partial charge in [0.25, 0.3) is 0 Å². The van der Waals surface area contributed by atoms with Crippen molar-refractivity contribution in [2.24, 2.45) is 5.92 Å². The highest BCUT2D eigenvalue weighted by Crippen LogP contribution is 2.34. The minimum absolute atomic E-state index is 0.0366. The van der Waals surface area contributed by atoms with Crippen LogP contribution in [-0.2, 0) is 16.1 Å². The van der Waals surface area contributed by atoms with E-state index >= 15 is 0 Å². The summed E-state index contributed by atoms with van der Waals surface area (Å²) in [5.74, 6) is -0.438. The minimum Gasteiger partial charge on any atom is -0.348 e. The van der Waals surface area contributed by atoms with E-state index in [1.54, 1.807) is 17.0 Å². The van der Waals surface area contributed by atoms with Crippen LogP contribution in [0.15, 0.2) is 42.6 Å². The van der Waals surface area contributed by atoms with Crippen molar-refractivity contribution in [2.45, 2.75) is 45.3 Å². The summed E-state index contributed by atoms with van der Waals surface area (Å²) in [6.07, 6.45) is 3.94. The number of benzene rings is 1. The Morgan fingerprint density at radius 2 is 1.86 bits per heavy atom. The van der Waals surface area contributed by atoms with Crippen LogP contribution in [0.5, 0.6) is 0 Å². The van der Waals surface area contributed by atoms with E-state index in [2.05, 4.69) is 4.57 Å². The number of nitrogens with zero attached hydrogens (tertiary/aromatic N) is 3. The van der Waals surface area contributed by atoms with Gasteiger partial charge in [0, 0.05) is 36.9 Å². The Morgan fingerprint density at radius 3 is 2.50 bits per heavy atom. The average Bonchev–Trinajstić information content (AvgIpc) is 3.41. The maximum Gasteiger partial charge on any atom is 0.243 e. The van der Waals surface area contributed by atoms with Gasteiger partial charge in [-0.15, -0.1) is 0 Å². The van der Waals surface area contributed by atoms with Crippen LogP contribution in [0.4, 0.5) is 4.39 Å². The monoisotopic (exact) mass is 383 g/mol. The molecule has 2 amide bonds. The van der Waals surface area contributed by atoms with Gasteiger partial charge in [0.05, 0.1) is 6.04 Å². The first-order chi connectivity index (χ1) is 13.5. The Kier molecular flexibility index (Phi) is 4.96. The summed E-state index contributed by atoms with van der Waals surface area (Å²) in [5.41, 5.74) is 1.89. The van der Waals surface area contributed by atoms with Crippen molar-refractivity contribution in [3.8, 4) is 0 Å². The topological polar surface area (TPSA) is 45.6 Å².